The third-order valence-electron chi connectivity index (χ3n) is 5.68. The number of carbonyl (C=O) groups excluding carboxylic acids is 3. The standard InChI is InChI=1S/C24H23N3O4/c1-14-9-11-17(12-10-14)27-16(3)22(28)26(24(27)30)13-20-21(23(29)31-4)15(2)18-7-5-6-8-19(18)25-20/h5-12,16H,13H2,1-4H3/t16-/m0/s1. The Bertz CT molecular complexity index is 1200. The molecule has 31 heavy (non-hydrogen) atoms. The maximum Gasteiger partial charge on any atom is 0.340 e. The molecule has 0 radical (unpaired) electrons. The molecule has 2 aromatic carbocycles. The second-order valence-electron chi connectivity index (χ2n) is 7.66. The Kier molecular flexibility index (Phi) is 5.19. The number of imide groups is 1. The number of anilines is 1. The summed E-state index contributed by atoms with van der Waals surface area (Å²) in [6, 6.07) is 13.8. The normalized spacial score (nSPS) is 16.3. The monoisotopic (exact) mass is 417 g/mol. The van der Waals surface area contributed by atoms with Crippen LogP contribution in [0.2, 0.25) is 0 Å². The number of nitrogens with zero attached hydrogens (tertiary/aromatic N) is 3. The highest BCUT2D eigenvalue weighted by Crippen LogP contribution is 2.29. The molecule has 1 saturated heterocycles. The SMILES string of the molecule is COC(=O)c1c(CN2C(=O)[C@H](C)N(c3ccc(C)cc3)C2=O)nc2ccccc2c1C. The number of carbonyl (C=O) groups is 3. The number of urea groups is 1. The lowest BCUT2D eigenvalue weighted by molar-refractivity contribution is -0.127. The number of hydrogen-bond acceptors (Lipinski definition) is 5. The van der Waals surface area contributed by atoms with Crippen LogP contribution in [-0.2, 0) is 16.1 Å². The molecule has 1 aromatic heterocycles. The zero-order valence-electron chi connectivity index (χ0n) is 17.9. The molecule has 0 saturated carbocycles. The summed E-state index contributed by atoms with van der Waals surface area (Å²) in [6.45, 7) is 5.36. The van der Waals surface area contributed by atoms with Crippen molar-refractivity contribution in [1.82, 2.24) is 9.88 Å². The average Bonchev–Trinajstić information content (AvgIpc) is 2.97. The van der Waals surface area contributed by atoms with Crippen LogP contribution < -0.4 is 4.90 Å². The molecule has 0 aliphatic carbocycles. The average molecular weight is 417 g/mol. The maximum absolute atomic E-state index is 13.2. The molecule has 7 heteroatoms. The first-order valence-corrected chi connectivity index (χ1v) is 10.0. The van der Waals surface area contributed by atoms with E-state index in [0.717, 1.165) is 15.8 Å². The predicted octanol–water partition coefficient (Wildman–Crippen LogP) is 4.00. The first-order valence-electron chi connectivity index (χ1n) is 10.0. The Labute approximate surface area is 180 Å². The fourth-order valence-corrected chi connectivity index (χ4v) is 3.99. The van der Waals surface area contributed by atoms with E-state index in [1.54, 1.807) is 6.92 Å². The van der Waals surface area contributed by atoms with Crippen LogP contribution in [0.5, 0.6) is 0 Å². The van der Waals surface area contributed by atoms with E-state index >= 15 is 0 Å². The Morgan fingerprint density at radius 2 is 1.74 bits per heavy atom. The molecule has 4 rings (SSSR count). The fraction of sp³-hybridized carbons (Fsp3) is 0.250. The van der Waals surface area contributed by atoms with Gasteiger partial charge in [0.25, 0.3) is 5.91 Å². The summed E-state index contributed by atoms with van der Waals surface area (Å²) in [4.78, 5) is 46.0. The van der Waals surface area contributed by atoms with E-state index in [4.69, 9.17) is 4.74 Å². The van der Waals surface area contributed by atoms with Crippen LogP contribution in [0.3, 0.4) is 0 Å². The zero-order valence-corrected chi connectivity index (χ0v) is 17.9. The van der Waals surface area contributed by atoms with Gasteiger partial charge in [0.1, 0.15) is 6.04 Å². The van der Waals surface area contributed by atoms with Crippen molar-refractivity contribution in [3.05, 3.63) is 70.9 Å². The highest BCUT2D eigenvalue weighted by atomic mass is 16.5. The van der Waals surface area contributed by atoms with Crippen molar-refractivity contribution < 1.29 is 19.1 Å². The molecular formula is C24H23N3O4. The Morgan fingerprint density at radius 1 is 1.06 bits per heavy atom. The van der Waals surface area contributed by atoms with Gasteiger partial charge in [0.15, 0.2) is 0 Å². The minimum absolute atomic E-state index is 0.111. The number of ether oxygens (including phenoxy) is 1. The van der Waals surface area contributed by atoms with Crippen molar-refractivity contribution in [3.63, 3.8) is 0 Å². The van der Waals surface area contributed by atoms with E-state index in [1.165, 1.54) is 12.0 Å². The molecular weight excluding hydrogens is 394 g/mol. The molecule has 1 aliphatic rings. The largest absolute Gasteiger partial charge is 0.465 e. The van der Waals surface area contributed by atoms with Crippen molar-refractivity contribution in [2.75, 3.05) is 12.0 Å². The van der Waals surface area contributed by atoms with Gasteiger partial charge < -0.3 is 4.74 Å². The molecule has 2 heterocycles. The van der Waals surface area contributed by atoms with Crippen LogP contribution in [-0.4, -0.2) is 40.9 Å². The topological polar surface area (TPSA) is 79.8 Å². The molecule has 158 valence electrons. The third-order valence-corrected chi connectivity index (χ3v) is 5.68. The number of benzene rings is 2. The molecule has 3 aromatic rings. The van der Waals surface area contributed by atoms with E-state index in [9.17, 15) is 14.4 Å². The van der Waals surface area contributed by atoms with E-state index in [0.29, 0.717) is 22.5 Å². The first kappa shape index (κ1) is 20.5. The summed E-state index contributed by atoms with van der Waals surface area (Å²) in [5, 5.41) is 0.820. The number of methoxy groups -OCH3 is 1. The van der Waals surface area contributed by atoms with Crippen molar-refractivity contribution in [2.24, 2.45) is 0 Å². The highest BCUT2D eigenvalue weighted by molar-refractivity contribution is 6.14. The van der Waals surface area contributed by atoms with Gasteiger partial charge in [-0.25, -0.2) is 14.6 Å². The number of pyridine rings is 1. The zero-order chi connectivity index (χ0) is 22.3. The number of amides is 3. The van der Waals surface area contributed by atoms with Gasteiger partial charge in [-0.2, -0.15) is 0 Å². The Morgan fingerprint density at radius 3 is 2.42 bits per heavy atom. The number of hydrogen-bond donors (Lipinski definition) is 0. The summed E-state index contributed by atoms with van der Waals surface area (Å²) < 4.78 is 4.97. The van der Waals surface area contributed by atoms with E-state index in [1.807, 2.05) is 62.4 Å². The Balaban J connectivity index is 1.76. The smallest absolute Gasteiger partial charge is 0.340 e. The second-order valence-corrected chi connectivity index (χ2v) is 7.66. The summed E-state index contributed by atoms with van der Waals surface area (Å²) in [5.74, 6) is -0.887. The van der Waals surface area contributed by atoms with Crippen LogP contribution in [0, 0.1) is 13.8 Å². The van der Waals surface area contributed by atoms with Crippen molar-refractivity contribution in [2.45, 2.75) is 33.4 Å². The van der Waals surface area contributed by atoms with E-state index < -0.39 is 18.0 Å². The Hall–Kier alpha value is -3.74. The van der Waals surface area contributed by atoms with Gasteiger partial charge in [0.2, 0.25) is 0 Å². The third kappa shape index (κ3) is 3.42. The molecule has 0 spiro atoms. The molecule has 0 N–H and O–H groups in total. The van der Waals surface area contributed by atoms with Crippen LogP contribution >= 0.6 is 0 Å². The number of para-hydroxylation sites is 1. The fourth-order valence-electron chi connectivity index (χ4n) is 3.99. The molecule has 3 amide bonds. The quantitative estimate of drug-likeness (QED) is 0.474. The molecule has 1 fully saturated rings. The van der Waals surface area contributed by atoms with Gasteiger partial charge in [-0.15, -0.1) is 0 Å². The second kappa shape index (κ2) is 7.83. The lowest BCUT2D eigenvalue weighted by atomic mass is 10.0. The first-order chi connectivity index (χ1) is 14.8. The molecule has 7 nitrogen and oxygen atoms in total. The van der Waals surface area contributed by atoms with Crippen LogP contribution in [0.4, 0.5) is 10.5 Å². The van der Waals surface area contributed by atoms with Gasteiger partial charge in [0.05, 0.1) is 30.4 Å². The van der Waals surface area contributed by atoms with E-state index in [2.05, 4.69) is 4.98 Å². The number of aromatic nitrogens is 1. The van der Waals surface area contributed by atoms with Gasteiger partial charge >= 0.3 is 12.0 Å². The number of aryl methyl sites for hydroxylation is 2. The summed E-state index contributed by atoms with van der Waals surface area (Å²) in [5.41, 5.74) is 3.71. The lowest BCUT2D eigenvalue weighted by Gasteiger charge is -2.20. The summed E-state index contributed by atoms with van der Waals surface area (Å²) >= 11 is 0. The van der Waals surface area contributed by atoms with Crippen LogP contribution in [0.15, 0.2) is 48.5 Å². The predicted molar refractivity (Wildman–Crippen MR) is 117 cm³/mol. The number of rotatable bonds is 4. The van der Waals surface area contributed by atoms with Crippen LogP contribution in [0.25, 0.3) is 10.9 Å². The molecule has 0 unspecified atom stereocenters. The highest BCUT2D eigenvalue weighted by Gasteiger charge is 2.44. The minimum Gasteiger partial charge on any atom is -0.465 e. The van der Waals surface area contributed by atoms with Gasteiger partial charge in [-0.1, -0.05) is 35.9 Å². The molecule has 1 atom stereocenters. The van der Waals surface area contributed by atoms with Crippen molar-refractivity contribution in [3.8, 4) is 0 Å². The molecule has 1 aliphatic heterocycles. The summed E-state index contributed by atoms with van der Waals surface area (Å²) in [7, 11) is 1.30. The number of esters is 1. The van der Waals surface area contributed by atoms with E-state index in [-0.39, 0.29) is 18.0 Å². The maximum atomic E-state index is 13.2. The van der Waals surface area contributed by atoms with Gasteiger partial charge in [-0.3, -0.25) is 14.6 Å². The lowest BCUT2D eigenvalue weighted by Crippen LogP contribution is -2.34. The minimum atomic E-state index is -0.654. The molecule has 0 bridgehead atoms. The number of fused-ring (bicyclic) bond motifs is 1. The van der Waals surface area contributed by atoms with Crippen LogP contribution in [0.1, 0.15) is 34.1 Å². The van der Waals surface area contributed by atoms with Gasteiger partial charge in [0, 0.05) is 11.1 Å². The van der Waals surface area contributed by atoms with Crippen molar-refractivity contribution in [1.29, 1.82) is 0 Å². The van der Waals surface area contributed by atoms with Gasteiger partial charge in [-0.05, 0) is 44.5 Å². The summed E-state index contributed by atoms with van der Waals surface area (Å²) in [6.07, 6.45) is 0. The van der Waals surface area contributed by atoms with Crippen molar-refractivity contribution >= 4 is 34.5 Å².